The van der Waals surface area contributed by atoms with E-state index in [1.807, 2.05) is 24.3 Å². The molecule has 0 saturated heterocycles. The van der Waals surface area contributed by atoms with E-state index in [9.17, 15) is 9.18 Å². The van der Waals surface area contributed by atoms with Crippen LogP contribution in [-0.2, 0) is 4.79 Å². The molecule has 0 aliphatic carbocycles. The van der Waals surface area contributed by atoms with Gasteiger partial charge in [0.1, 0.15) is 17.3 Å². The van der Waals surface area contributed by atoms with Crippen LogP contribution in [0.25, 0.3) is 0 Å². The summed E-state index contributed by atoms with van der Waals surface area (Å²) in [6, 6.07) is 20.8. The Labute approximate surface area is 155 Å². The smallest absolute Gasteiger partial charge is 0.180 e. The van der Waals surface area contributed by atoms with E-state index < -0.39 is 6.10 Å². The lowest BCUT2D eigenvalue weighted by atomic mass is 10.1. The molecule has 0 spiro atoms. The zero-order chi connectivity index (χ0) is 18.4. The summed E-state index contributed by atoms with van der Waals surface area (Å²) in [5.41, 5.74) is 0.757. The standard InChI is InChI=1S/C21H17FO3S/c1-24-16-8-10-17(11-9-16)25-20(14-23)19-4-2-3-5-21(19)26-18-12-6-15(22)7-13-18/h2-14,20H,1H3. The average molecular weight is 368 g/mol. The van der Waals surface area contributed by atoms with E-state index in [0.717, 1.165) is 21.6 Å². The first-order valence-electron chi connectivity index (χ1n) is 7.98. The van der Waals surface area contributed by atoms with Crippen LogP contribution in [0.1, 0.15) is 11.7 Å². The van der Waals surface area contributed by atoms with Crippen LogP contribution in [0.2, 0.25) is 0 Å². The number of hydrogen-bond acceptors (Lipinski definition) is 4. The van der Waals surface area contributed by atoms with Gasteiger partial charge in [-0.2, -0.15) is 0 Å². The van der Waals surface area contributed by atoms with Gasteiger partial charge < -0.3 is 9.47 Å². The second-order valence-electron chi connectivity index (χ2n) is 5.44. The van der Waals surface area contributed by atoms with Crippen molar-refractivity contribution in [2.75, 3.05) is 7.11 Å². The number of benzene rings is 3. The van der Waals surface area contributed by atoms with Gasteiger partial charge in [-0.15, -0.1) is 0 Å². The molecule has 0 fully saturated rings. The molecule has 0 saturated carbocycles. The molecule has 26 heavy (non-hydrogen) atoms. The molecule has 0 radical (unpaired) electrons. The topological polar surface area (TPSA) is 35.5 Å². The van der Waals surface area contributed by atoms with Crippen molar-refractivity contribution in [3.63, 3.8) is 0 Å². The van der Waals surface area contributed by atoms with Crippen molar-refractivity contribution >= 4 is 18.0 Å². The summed E-state index contributed by atoms with van der Waals surface area (Å²) in [7, 11) is 1.59. The lowest BCUT2D eigenvalue weighted by Crippen LogP contribution is -2.10. The summed E-state index contributed by atoms with van der Waals surface area (Å²) >= 11 is 1.46. The highest BCUT2D eigenvalue weighted by Gasteiger charge is 2.17. The lowest BCUT2D eigenvalue weighted by molar-refractivity contribution is -0.114. The molecule has 3 aromatic rings. The third kappa shape index (κ3) is 4.43. The second-order valence-corrected chi connectivity index (χ2v) is 6.56. The van der Waals surface area contributed by atoms with E-state index in [1.165, 1.54) is 23.9 Å². The van der Waals surface area contributed by atoms with Crippen LogP contribution in [0, 0.1) is 5.82 Å². The van der Waals surface area contributed by atoms with Crippen molar-refractivity contribution in [1.82, 2.24) is 0 Å². The first kappa shape index (κ1) is 18.0. The number of ether oxygens (including phenoxy) is 2. The normalized spacial score (nSPS) is 11.6. The monoisotopic (exact) mass is 368 g/mol. The third-order valence-electron chi connectivity index (χ3n) is 3.71. The van der Waals surface area contributed by atoms with Gasteiger partial charge in [0.15, 0.2) is 12.4 Å². The number of carbonyl (C=O) groups is 1. The largest absolute Gasteiger partial charge is 0.497 e. The predicted octanol–water partition coefficient (Wildman–Crippen LogP) is 5.30. The Balaban J connectivity index is 1.83. The van der Waals surface area contributed by atoms with Gasteiger partial charge in [-0.25, -0.2) is 4.39 Å². The number of aldehydes is 1. The Bertz CT molecular complexity index is 863. The zero-order valence-electron chi connectivity index (χ0n) is 14.1. The van der Waals surface area contributed by atoms with Crippen LogP contribution >= 0.6 is 11.8 Å². The number of hydrogen-bond donors (Lipinski definition) is 0. The molecular weight excluding hydrogens is 351 g/mol. The van der Waals surface area contributed by atoms with E-state index >= 15 is 0 Å². The van der Waals surface area contributed by atoms with Gasteiger partial charge in [0.25, 0.3) is 0 Å². The van der Waals surface area contributed by atoms with Crippen molar-refractivity contribution in [2.24, 2.45) is 0 Å². The molecule has 3 rings (SSSR count). The minimum Gasteiger partial charge on any atom is -0.497 e. The minimum absolute atomic E-state index is 0.281. The van der Waals surface area contributed by atoms with Crippen LogP contribution < -0.4 is 9.47 Å². The highest BCUT2D eigenvalue weighted by Crippen LogP contribution is 2.34. The van der Waals surface area contributed by atoms with Gasteiger partial charge >= 0.3 is 0 Å². The summed E-state index contributed by atoms with van der Waals surface area (Å²) < 4.78 is 24.1. The van der Waals surface area contributed by atoms with E-state index in [4.69, 9.17) is 9.47 Å². The van der Waals surface area contributed by atoms with Gasteiger partial charge in [-0.3, -0.25) is 4.79 Å². The molecule has 0 bridgehead atoms. The molecule has 1 atom stereocenters. The number of rotatable bonds is 7. The molecule has 0 aromatic heterocycles. The van der Waals surface area contributed by atoms with Gasteiger partial charge in [0, 0.05) is 15.4 Å². The molecule has 3 aromatic carbocycles. The fourth-order valence-electron chi connectivity index (χ4n) is 2.40. The lowest BCUT2D eigenvalue weighted by Gasteiger charge is -2.17. The summed E-state index contributed by atoms with van der Waals surface area (Å²) in [5.74, 6) is 1.01. The molecule has 132 valence electrons. The Morgan fingerprint density at radius 3 is 2.23 bits per heavy atom. The first-order chi connectivity index (χ1) is 12.7. The molecule has 0 N–H and O–H groups in total. The fourth-order valence-corrected chi connectivity index (χ4v) is 3.38. The van der Waals surface area contributed by atoms with Crippen LogP contribution in [0.5, 0.6) is 11.5 Å². The van der Waals surface area contributed by atoms with Crippen LogP contribution in [0.3, 0.4) is 0 Å². The van der Waals surface area contributed by atoms with E-state index in [0.29, 0.717) is 11.5 Å². The van der Waals surface area contributed by atoms with Gasteiger partial charge in [-0.05, 0) is 54.6 Å². The molecule has 3 nitrogen and oxygen atoms in total. The van der Waals surface area contributed by atoms with Crippen molar-refractivity contribution < 1.29 is 18.7 Å². The molecule has 0 aliphatic rings. The number of carbonyl (C=O) groups excluding carboxylic acids is 1. The summed E-state index contributed by atoms with van der Waals surface area (Å²) in [5, 5.41) is 0. The average Bonchev–Trinajstić information content (AvgIpc) is 2.69. The van der Waals surface area contributed by atoms with Gasteiger partial charge in [-0.1, -0.05) is 30.0 Å². The van der Waals surface area contributed by atoms with E-state index in [-0.39, 0.29) is 5.82 Å². The van der Waals surface area contributed by atoms with Crippen LogP contribution in [0.4, 0.5) is 4.39 Å². The Kier molecular flexibility index (Phi) is 5.92. The molecule has 0 aliphatic heterocycles. The number of halogens is 1. The fraction of sp³-hybridized carbons (Fsp3) is 0.0952. The molecular formula is C21H17FO3S. The Morgan fingerprint density at radius 2 is 1.58 bits per heavy atom. The van der Waals surface area contributed by atoms with Crippen molar-refractivity contribution in [3.8, 4) is 11.5 Å². The van der Waals surface area contributed by atoms with Crippen molar-refractivity contribution in [2.45, 2.75) is 15.9 Å². The highest BCUT2D eigenvalue weighted by molar-refractivity contribution is 7.99. The zero-order valence-corrected chi connectivity index (χ0v) is 14.9. The molecule has 0 amide bonds. The van der Waals surface area contributed by atoms with Crippen molar-refractivity contribution in [1.29, 1.82) is 0 Å². The van der Waals surface area contributed by atoms with E-state index in [1.54, 1.807) is 43.5 Å². The Hall–Kier alpha value is -2.79. The maximum Gasteiger partial charge on any atom is 0.180 e. The van der Waals surface area contributed by atoms with Crippen LogP contribution in [-0.4, -0.2) is 13.4 Å². The predicted molar refractivity (Wildman–Crippen MR) is 99.4 cm³/mol. The quantitative estimate of drug-likeness (QED) is 0.530. The third-order valence-corrected chi connectivity index (χ3v) is 4.81. The summed E-state index contributed by atoms with van der Waals surface area (Å²) in [6.45, 7) is 0. The first-order valence-corrected chi connectivity index (χ1v) is 8.79. The molecule has 1 unspecified atom stereocenters. The van der Waals surface area contributed by atoms with Gasteiger partial charge in [0.05, 0.1) is 7.11 Å². The highest BCUT2D eigenvalue weighted by atomic mass is 32.2. The minimum atomic E-state index is -0.743. The Morgan fingerprint density at radius 1 is 0.923 bits per heavy atom. The van der Waals surface area contributed by atoms with Crippen molar-refractivity contribution in [3.05, 3.63) is 84.2 Å². The summed E-state index contributed by atoms with van der Waals surface area (Å²) in [6.07, 6.45) is 0.0291. The van der Waals surface area contributed by atoms with E-state index in [2.05, 4.69) is 0 Å². The maximum absolute atomic E-state index is 13.1. The molecule has 0 heterocycles. The van der Waals surface area contributed by atoms with Crippen LogP contribution in [0.15, 0.2) is 82.6 Å². The number of methoxy groups -OCH3 is 1. The molecule has 5 heteroatoms. The summed E-state index contributed by atoms with van der Waals surface area (Å²) in [4.78, 5) is 13.4. The maximum atomic E-state index is 13.1. The second kappa shape index (κ2) is 8.54. The SMILES string of the molecule is COc1ccc(OC(C=O)c2ccccc2Sc2ccc(F)cc2)cc1. The van der Waals surface area contributed by atoms with Gasteiger partial charge in [0.2, 0.25) is 0 Å².